The molecule has 1 aliphatic rings. The number of aliphatic hydroxyl groups is 2. The summed E-state index contributed by atoms with van der Waals surface area (Å²) < 4.78 is 7.01. The van der Waals surface area contributed by atoms with Crippen molar-refractivity contribution in [3.05, 3.63) is 32.6 Å². The molecule has 1 saturated heterocycles. The van der Waals surface area contributed by atoms with Gasteiger partial charge >= 0.3 is 5.69 Å². The summed E-state index contributed by atoms with van der Waals surface area (Å²) in [6, 6.07) is 0. The maximum atomic E-state index is 11.8. The SMILES string of the molecule is CCC[C@]1(CO)O[C@@H](n2cc(C)c(=O)[nH]c2=O)C[C@@H]1O. The summed E-state index contributed by atoms with van der Waals surface area (Å²) in [4.78, 5) is 25.4. The van der Waals surface area contributed by atoms with Gasteiger partial charge in [0.05, 0.1) is 12.7 Å². The van der Waals surface area contributed by atoms with Crippen molar-refractivity contribution in [3.8, 4) is 0 Å². The van der Waals surface area contributed by atoms with Crippen molar-refractivity contribution in [2.24, 2.45) is 0 Å². The van der Waals surface area contributed by atoms with E-state index in [0.29, 0.717) is 12.0 Å². The molecule has 2 heterocycles. The molecule has 0 amide bonds. The van der Waals surface area contributed by atoms with Crippen LogP contribution in [0.5, 0.6) is 0 Å². The Hall–Kier alpha value is -1.44. The number of aromatic amines is 1. The number of aliphatic hydroxyl groups excluding tert-OH is 2. The van der Waals surface area contributed by atoms with E-state index in [4.69, 9.17) is 4.74 Å². The molecule has 2 rings (SSSR count). The van der Waals surface area contributed by atoms with E-state index in [1.165, 1.54) is 10.8 Å². The second-order valence-corrected chi connectivity index (χ2v) is 5.28. The molecule has 0 radical (unpaired) electrons. The van der Waals surface area contributed by atoms with Crippen LogP contribution in [0.25, 0.3) is 0 Å². The van der Waals surface area contributed by atoms with Gasteiger partial charge in [0.2, 0.25) is 0 Å². The number of nitrogens with zero attached hydrogens (tertiary/aromatic N) is 1. The Morgan fingerprint density at radius 3 is 2.85 bits per heavy atom. The quantitative estimate of drug-likeness (QED) is 0.701. The van der Waals surface area contributed by atoms with Crippen LogP contribution in [0.3, 0.4) is 0 Å². The van der Waals surface area contributed by atoms with Gasteiger partial charge in [-0.25, -0.2) is 4.79 Å². The molecule has 0 bridgehead atoms. The van der Waals surface area contributed by atoms with Crippen LogP contribution in [0.15, 0.2) is 15.8 Å². The Kier molecular flexibility index (Phi) is 4.12. The lowest BCUT2D eigenvalue weighted by atomic mass is 9.92. The lowest BCUT2D eigenvalue weighted by Crippen LogP contribution is -2.43. The number of hydrogen-bond acceptors (Lipinski definition) is 5. The van der Waals surface area contributed by atoms with E-state index in [1.54, 1.807) is 6.92 Å². The first kappa shape index (κ1) is 15.0. The zero-order valence-corrected chi connectivity index (χ0v) is 11.6. The highest BCUT2D eigenvalue weighted by Gasteiger charge is 2.47. The highest BCUT2D eigenvalue weighted by Crippen LogP contribution is 2.38. The van der Waals surface area contributed by atoms with Gasteiger partial charge in [0, 0.05) is 18.2 Å². The Balaban J connectivity index is 2.35. The standard InChI is InChI=1S/C13H20N2O5/c1-3-4-13(7-16)9(17)5-10(20-13)15-6-8(2)11(18)14-12(15)19/h6,9-10,16-17H,3-5,7H2,1-2H3,(H,14,18,19)/t9-,10+,13+/m0/s1. The minimum Gasteiger partial charge on any atom is -0.393 e. The summed E-state index contributed by atoms with van der Waals surface area (Å²) in [5, 5.41) is 19.7. The summed E-state index contributed by atoms with van der Waals surface area (Å²) >= 11 is 0. The summed E-state index contributed by atoms with van der Waals surface area (Å²) in [5.74, 6) is 0. The zero-order valence-electron chi connectivity index (χ0n) is 11.6. The molecule has 7 nitrogen and oxygen atoms in total. The second kappa shape index (κ2) is 5.51. The second-order valence-electron chi connectivity index (χ2n) is 5.28. The molecule has 112 valence electrons. The molecule has 0 spiro atoms. The van der Waals surface area contributed by atoms with Crippen LogP contribution in [0.1, 0.15) is 38.0 Å². The van der Waals surface area contributed by atoms with Crippen LogP contribution in [0.4, 0.5) is 0 Å². The predicted octanol–water partition coefficient (Wildman–Crippen LogP) is -0.344. The lowest BCUT2D eigenvalue weighted by molar-refractivity contribution is -0.132. The molecule has 7 heteroatoms. The molecule has 3 N–H and O–H groups in total. The maximum Gasteiger partial charge on any atom is 0.330 e. The van der Waals surface area contributed by atoms with Crippen molar-refractivity contribution in [1.29, 1.82) is 0 Å². The molecule has 20 heavy (non-hydrogen) atoms. The molecule has 0 aromatic carbocycles. The number of aromatic nitrogens is 2. The fourth-order valence-corrected chi connectivity index (χ4v) is 2.64. The summed E-state index contributed by atoms with van der Waals surface area (Å²) in [6.07, 6.45) is 1.31. The van der Waals surface area contributed by atoms with Gasteiger partial charge in [0.15, 0.2) is 0 Å². The van der Waals surface area contributed by atoms with Crippen LogP contribution in [-0.4, -0.2) is 38.1 Å². The molecule has 3 atom stereocenters. The van der Waals surface area contributed by atoms with Gasteiger partial charge in [-0.1, -0.05) is 13.3 Å². The molecule has 0 saturated carbocycles. The number of ether oxygens (including phenoxy) is 1. The van der Waals surface area contributed by atoms with Crippen molar-refractivity contribution in [2.45, 2.75) is 51.0 Å². The van der Waals surface area contributed by atoms with E-state index in [1.807, 2.05) is 6.92 Å². The summed E-state index contributed by atoms with van der Waals surface area (Å²) in [7, 11) is 0. The highest BCUT2D eigenvalue weighted by atomic mass is 16.6. The van der Waals surface area contributed by atoms with E-state index in [2.05, 4.69) is 4.98 Å². The molecule has 0 unspecified atom stereocenters. The van der Waals surface area contributed by atoms with Crippen molar-refractivity contribution >= 4 is 0 Å². The topological polar surface area (TPSA) is 105 Å². The summed E-state index contributed by atoms with van der Waals surface area (Å²) in [6.45, 7) is 3.21. The number of aryl methyl sites for hydroxylation is 1. The fraction of sp³-hybridized carbons (Fsp3) is 0.692. The molecule has 1 fully saturated rings. The van der Waals surface area contributed by atoms with Gasteiger partial charge in [-0.3, -0.25) is 14.3 Å². The smallest absolute Gasteiger partial charge is 0.330 e. The third-order valence-electron chi connectivity index (χ3n) is 3.80. The van der Waals surface area contributed by atoms with Crippen LogP contribution in [0, 0.1) is 6.92 Å². The van der Waals surface area contributed by atoms with Crippen molar-refractivity contribution in [1.82, 2.24) is 9.55 Å². The first-order chi connectivity index (χ1) is 9.43. The van der Waals surface area contributed by atoms with Crippen LogP contribution < -0.4 is 11.2 Å². The maximum absolute atomic E-state index is 11.8. The van der Waals surface area contributed by atoms with Gasteiger partial charge < -0.3 is 14.9 Å². The van der Waals surface area contributed by atoms with Crippen LogP contribution in [-0.2, 0) is 4.74 Å². The normalized spacial score (nSPS) is 29.8. The van der Waals surface area contributed by atoms with E-state index in [9.17, 15) is 19.8 Å². The van der Waals surface area contributed by atoms with Crippen LogP contribution in [0.2, 0.25) is 0 Å². The first-order valence-electron chi connectivity index (χ1n) is 6.72. The minimum atomic E-state index is -1.04. The van der Waals surface area contributed by atoms with Gasteiger partial charge in [0.1, 0.15) is 11.8 Å². The molecular weight excluding hydrogens is 264 g/mol. The molecule has 1 aliphatic heterocycles. The molecular formula is C13H20N2O5. The third-order valence-corrected chi connectivity index (χ3v) is 3.80. The molecule has 0 aliphatic carbocycles. The number of hydrogen-bond donors (Lipinski definition) is 3. The minimum absolute atomic E-state index is 0.200. The number of rotatable bonds is 4. The molecule has 1 aromatic heterocycles. The van der Waals surface area contributed by atoms with Gasteiger partial charge in [-0.2, -0.15) is 0 Å². The van der Waals surface area contributed by atoms with E-state index >= 15 is 0 Å². The first-order valence-corrected chi connectivity index (χ1v) is 6.72. The average molecular weight is 284 g/mol. The number of nitrogens with one attached hydrogen (secondary N) is 1. The highest BCUT2D eigenvalue weighted by molar-refractivity contribution is 5.03. The lowest BCUT2D eigenvalue weighted by Gasteiger charge is -2.29. The number of H-pyrrole nitrogens is 1. The third kappa shape index (κ3) is 2.44. The van der Waals surface area contributed by atoms with E-state index < -0.39 is 29.2 Å². The zero-order chi connectivity index (χ0) is 14.9. The fourth-order valence-electron chi connectivity index (χ4n) is 2.64. The Morgan fingerprint density at radius 1 is 1.55 bits per heavy atom. The monoisotopic (exact) mass is 284 g/mol. The van der Waals surface area contributed by atoms with Gasteiger partial charge in [-0.05, 0) is 13.3 Å². The van der Waals surface area contributed by atoms with Crippen molar-refractivity contribution in [2.75, 3.05) is 6.61 Å². The average Bonchev–Trinajstić information content (AvgIpc) is 2.72. The largest absolute Gasteiger partial charge is 0.393 e. The Bertz CT molecular complexity index is 593. The van der Waals surface area contributed by atoms with Crippen LogP contribution >= 0.6 is 0 Å². The van der Waals surface area contributed by atoms with E-state index in [-0.39, 0.29) is 13.0 Å². The molecule has 1 aromatic rings. The van der Waals surface area contributed by atoms with Crippen molar-refractivity contribution < 1.29 is 14.9 Å². The van der Waals surface area contributed by atoms with Gasteiger partial charge in [-0.15, -0.1) is 0 Å². The van der Waals surface area contributed by atoms with E-state index in [0.717, 1.165) is 6.42 Å². The Morgan fingerprint density at radius 2 is 2.25 bits per heavy atom. The van der Waals surface area contributed by atoms with Gasteiger partial charge in [0.25, 0.3) is 5.56 Å². The predicted molar refractivity (Wildman–Crippen MR) is 71.5 cm³/mol. The van der Waals surface area contributed by atoms with Crippen molar-refractivity contribution in [3.63, 3.8) is 0 Å². The Labute approximate surface area is 115 Å². The summed E-state index contributed by atoms with van der Waals surface area (Å²) in [5.41, 5.74) is -1.67.